The number of amides is 1. The van der Waals surface area contributed by atoms with Crippen molar-refractivity contribution < 1.29 is 19.0 Å². The van der Waals surface area contributed by atoms with Crippen molar-refractivity contribution in [3.05, 3.63) is 27.7 Å². The summed E-state index contributed by atoms with van der Waals surface area (Å²) in [4.78, 5) is 16.4. The molecule has 0 N–H and O–H groups in total. The molecule has 1 amide bonds. The van der Waals surface area contributed by atoms with Gasteiger partial charge in [0.05, 0.1) is 24.3 Å². The number of fused-ring (bicyclic) bond motifs is 1. The van der Waals surface area contributed by atoms with E-state index in [1.165, 1.54) is 11.1 Å². The van der Waals surface area contributed by atoms with Gasteiger partial charge in [0.25, 0.3) is 0 Å². The number of methoxy groups -OCH3 is 1. The van der Waals surface area contributed by atoms with Gasteiger partial charge in [0.2, 0.25) is 0 Å². The zero-order valence-electron chi connectivity index (χ0n) is 16.6. The van der Waals surface area contributed by atoms with Crippen LogP contribution in [0.15, 0.2) is 16.6 Å². The molecule has 0 aliphatic carbocycles. The largest absolute Gasteiger partial charge is 0.495 e. The highest BCUT2D eigenvalue weighted by Crippen LogP contribution is 2.38. The molecule has 7 heteroatoms. The van der Waals surface area contributed by atoms with Crippen LogP contribution >= 0.6 is 15.9 Å². The van der Waals surface area contributed by atoms with E-state index in [0.717, 1.165) is 36.3 Å². The maximum absolute atomic E-state index is 12.2. The number of hydrogen-bond donors (Lipinski definition) is 0. The molecule has 0 aromatic heterocycles. The summed E-state index contributed by atoms with van der Waals surface area (Å²) in [6, 6.07) is 4.16. The summed E-state index contributed by atoms with van der Waals surface area (Å²) in [5.41, 5.74) is 1.98. The Morgan fingerprint density at radius 3 is 2.59 bits per heavy atom. The average molecular weight is 441 g/mol. The number of hydrogen-bond acceptors (Lipinski definition) is 5. The SMILES string of the molecule is COc1c(Br)ccc2c1CCOC2CN1CCN(C(=O)OC(C)(C)C)CC1. The van der Waals surface area contributed by atoms with Gasteiger partial charge in [0.1, 0.15) is 11.4 Å². The van der Waals surface area contributed by atoms with Crippen molar-refractivity contribution >= 4 is 22.0 Å². The van der Waals surface area contributed by atoms with Crippen LogP contribution in [0.1, 0.15) is 38.0 Å². The number of ether oxygens (including phenoxy) is 3. The Morgan fingerprint density at radius 1 is 1.26 bits per heavy atom. The molecule has 0 radical (unpaired) electrons. The lowest BCUT2D eigenvalue weighted by molar-refractivity contribution is -0.00678. The zero-order valence-corrected chi connectivity index (χ0v) is 18.2. The fourth-order valence-corrected chi connectivity index (χ4v) is 4.15. The lowest BCUT2D eigenvalue weighted by Crippen LogP contribution is -2.51. The summed E-state index contributed by atoms with van der Waals surface area (Å²) in [5, 5.41) is 0. The van der Waals surface area contributed by atoms with Crippen LogP contribution in [0.3, 0.4) is 0 Å². The molecule has 0 saturated carbocycles. The molecule has 1 saturated heterocycles. The lowest BCUT2D eigenvalue weighted by atomic mass is 9.96. The van der Waals surface area contributed by atoms with E-state index >= 15 is 0 Å². The van der Waals surface area contributed by atoms with E-state index < -0.39 is 5.60 Å². The quantitative estimate of drug-likeness (QED) is 0.717. The lowest BCUT2D eigenvalue weighted by Gasteiger charge is -2.38. The smallest absolute Gasteiger partial charge is 0.410 e. The highest BCUT2D eigenvalue weighted by atomic mass is 79.9. The van der Waals surface area contributed by atoms with Crippen molar-refractivity contribution in [2.75, 3.05) is 46.4 Å². The summed E-state index contributed by atoms with van der Waals surface area (Å²) in [5.74, 6) is 0.913. The van der Waals surface area contributed by atoms with E-state index in [9.17, 15) is 4.79 Å². The number of carbonyl (C=O) groups excluding carboxylic acids is 1. The first kappa shape index (κ1) is 20.4. The van der Waals surface area contributed by atoms with Gasteiger partial charge in [-0.1, -0.05) is 6.07 Å². The number of piperazine rings is 1. The summed E-state index contributed by atoms with van der Waals surface area (Å²) in [6.45, 7) is 10.2. The second-order valence-electron chi connectivity index (χ2n) is 8.03. The molecule has 1 aromatic carbocycles. The van der Waals surface area contributed by atoms with Gasteiger partial charge in [-0.15, -0.1) is 0 Å². The van der Waals surface area contributed by atoms with Gasteiger partial charge in [-0.3, -0.25) is 4.90 Å². The van der Waals surface area contributed by atoms with Crippen LogP contribution in [0, 0.1) is 0 Å². The van der Waals surface area contributed by atoms with Gasteiger partial charge in [-0.2, -0.15) is 0 Å². The van der Waals surface area contributed by atoms with E-state index in [1.54, 1.807) is 12.0 Å². The van der Waals surface area contributed by atoms with Gasteiger partial charge in [-0.25, -0.2) is 4.79 Å². The maximum atomic E-state index is 12.2. The molecule has 150 valence electrons. The summed E-state index contributed by atoms with van der Waals surface area (Å²) >= 11 is 3.57. The predicted octanol–water partition coefficient (Wildman–Crippen LogP) is 3.62. The normalized spacial score (nSPS) is 20.9. The minimum absolute atomic E-state index is 0.0313. The second-order valence-corrected chi connectivity index (χ2v) is 8.88. The van der Waals surface area contributed by atoms with E-state index in [0.29, 0.717) is 19.7 Å². The highest BCUT2D eigenvalue weighted by molar-refractivity contribution is 9.10. The Morgan fingerprint density at radius 2 is 1.96 bits per heavy atom. The van der Waals surface area contributed by atoms with Crippen LogP contribution in [-0.4, -0.2) is 67.9 Å². The Hall–Kier alpha value is -1.31. The highest BCUT2D eigenvalue weighted by Gasteiger charge is 2.30. The number of halogens is 1. The molecule has 2 aliphatic heterocycles. The van der Waals surface area contributed by atoms with Gasteiger partial charge in [0, 0.05) is 38.3 Å². The number of benzene rings is 1. The van der Waals surface area contributed by atoms with Crippen LogP contribution in [0.25, 0.3) is 0 Å². The predicted molar refractivity (Wildman–Crippen MR) is 107 cm³/mol. The molecule has 27 heavy (non-hydrogen) atoms. The first-order chi connectivity index (χ1) is 12.8. The second kappa shape index (κ2) is 8.37. The monoisotopic (exact) mass is 440 g/mol. The Labute approximate surface area is 169 Å². The number of carbonyl (C=O) groups is 1. The zero-order chi connectivity index (χ0) is 19.6. The van der Waals surface area contributed by atoms with Gasteiger partial charge >= 0.3 is 6.09 Å². The summed E-state index contributed by atoms with van der Waals surface area (Å²) < 4.78 is 18.1. The third-order valence-corrected chi connectivity index (χ3v) is 5.54. The third kappa shape index (κ3) is 4.95. The Bertz CT molecular complexity index is 681. The summed E-state index contributed by atoms with van der Waals surface area (Å²) in [7, 11) is 1.71. The molecular weight excluding hydrogens is 412 g/mol. The fraction of sp³-hybridized carbons (Fsp3) is 0.650. The molecule has 6 nitrogen and oxygen atoms in total. The first-order valence-electron chi connectivity index (χ1n) is 9.45. The first-order valence-corrected chi connectivity index (χ1v) is 10.2. The molecule has 1 atom stereocenters. The van der Waals surface area contributed by atoms with Crippen LogP contribution in [0.4, 0.5) is 4.79 Å². The molecular formula is C20H29BrN2O4. The Balaban J connectivity index is 1.60. The molecule has 3 rings (SSSR count). The topological polar surface area (TPSA) is 51.2 Å². The van der Waals surface area contributed by atoms with Gasteiger partial charge < -0.3 is 19.1 Å². The van der Waals surface area contributed by atoms with Crippen molar-refractivity contribution in [2.24, 2.45) is 0 Å². The van der Waals surface area contributed by atoms with Crippen LogP contribution < -0.4 is 4.74 Å². The molecule has 1 aromatic rings. The molecule has 1 fully saturated rings. The van der Waals surface area contributed by atoms with Crippen LogP contribution in [0.5, 0.6) is 5.75 Å². The fourth-order valence-electron chi connectivity index (χ4n) is 3.61. The van der Waals surface area contributed by atoms with E-state index in [4.69, 9.17) is 14.2 Å². The molecule has 0 bridgehead atoms. The summed E-state index contributed by atoms with van der Waals surface area (Å²) in [6.07, 6.45) is 0.667. The van der Waals surface area contributed by atoms with E-state index in [2.05, 4.69) is 26.9 Å². The molecule has 0 spiro atoms. The van der Waals surface area contributed by atoms with Crippen LogP contribution in [-0.2, 0) is 15.9 Å². The minimum atomic E-state index is -0.457. The molecule has 2 heterocycles. The number of rotatable bonds is 3. The molecule has 1 unspecified atom stereocenters. The maximum Gasteiger partial charge on any atom is 0.410 e. The number of nitrogens with zero attached hydrogens (tertiary/aromatic N) is 2. The minimum Gasteiger partial charge on any atom is -0.495 e. The van der Waals surface area contributed by atoms with Crippen molar-refractivity contribution in [2.45, 2.75) is 38.9 Å². The average Bonchev–Trinajstić information content (AvgIpc) is 2.61. The third-order valence-electron chi connectivity index (χ3n) is 4.92. The van der Waals surface area contributed by atoms with Crippen molar-refractivity contribution in [1.82, 2.24) is 9.80 Å². The molecule has 2 aliphatic rings. The van der Waals surface area contributed by atoms with E-state index in [-0.39, 0.29) is 12.2 Å². The van der Waals surface area contributed by atoms with Crippen LogP contribution in [0.2, 0.25) is 0 Å². The van der Waals surface area contributed by atoms with Crippen molar-refractivity contribution in [3.63, 3.8) is 0 Å². The van der Waals surface area contributed by atoms with Gasteiger partial charge in [0.15, 0.2) is 0 Å². The standard InChI is InChI=1S/C20H29BrN2O4/c1-20(2,3)27-19(24)23-10-8-22(9-11-23)13-17-14-5-6-16(21)18(25-4)15(14)7-12-26-17/h5-6,17H,7-13H2,1-4H3. The van der Waals surface area contributed by atoms with Gasteiger partial charge in [-0.05, 0) is 54.8 Å². The van der Waals surface area contributed by atoms with E-state index in [1.807, 2.05) is 26.8 Å². The van der Waals surface area contributed by atoms with Crippen molar-refractivity contribution in [1.29, 1.82) is 0 Å². The Kier molecular flexibility index (Phi) is 6.33. The van der Waals surface area contributed by atoms with Crippen molar-refractivity contribution in [3.8, 4) is 5.75 Å².